The second-order valence-electron chi connectivity index (χ2n) is 4.83. The van der Waals surface area contributed by atoms with Gasteiger partial charge in [0.1, 0.15) is 0 Å². The molecule has 1 aliphatic carbocycles. The predicted octanol–water partition coefficient (Wildman–Crippen LogP) is 1.82. The van der Waals surface area contributed by atoms with E-state index in [0.717, 1.165) is 18.4 Å². The van der Waals surface area contributed by atoms with Gasteiger partial charge in [0, 0.05) is 0 Å². The zero-order valence-corrected chi connectivity index (χ0v) is 8.98. The van der Waals surface area contributed by atoms with E-state index in [4.69, 9.17) is 4.74 Å². The normalized spacial score (nSPS) is 24.5. The number of aliphatic carboxylic acids is 1. The lowest BCUT2D eigenvalue weighted by atomic mass is 9.66. The maximum atomic E-state index is 11.4. The zero-order valence-electron chi connectivity index (χ0n) is 8.98. The van der Waals surface area contributed by atoms with Crippen LogP contribution in [0.25, 0.3) is 0 Å². The van der Waals surface area contributed by atoms with Crippen LogP contribution in [0.4, 0.5) is 0 Å². The van der Waals surface area contributed by atoms with Crippen molar-refractivity contribution < 1.29 is 14.6 Å². The fourth-order valence-electron chi connectivity index (χ4n) is 2.80. The van der Waals surface area contributed by atoms with E-state index in [9.17, 15) is 9.90 Å². The van der Waals surface area contributed by atoms with Gasteiger partial charge >= 0.3 is 5.97 Å². The molecule has 1 aliphatic heterocycles. The minimum Gasteiger partial charge on any atom is -0.481 e. The Hall–Kier alpha value is -1.35. The SMILES string of the molecule is O=C(O)C1(C2(c3ccccc3)COC2)CC1. The molecule has 1 N–H and O–H groups in total. The van der Waals surface area contributed by atoms with Gasteiger partial charge in [0.15, 0.2) is 0 Å². The van der Waals surface area contributed by atoms with Gasteiger partial charge in [0.25, 0.3) is 0 Å². The summed E-state index contributed by atoms with van der Waals surface area (Å²) in [6.07, 6.45) is 1.56. The van der Waals surface area contributed by atoms with E-state index in [1.165, 1.54) is 0 Å². The van der Waals surface area contributed by atoms with Gasteiger partial charge in [0.05, 0.1) is 24.0 Å². The van der Waals surface area contributed by atoms with Gasteiger partial charge in [-0.15, -0.1) is 0 Å². The standard InChI is InChI=1S/C13H14O3/c14-11(15)12(6-7-12)13(8-16-9-13)10-4-2-1-3-5-10/h1-5H,6-9H2,(H,14,15). The number of carboxylic acid groups (broad SMARTS) is 1. The minimum absolute atomic E-state index is 0.278. The molecular weight excluding hydrogens is 204 g/mol. The smallest absolute Gasteiger partial charge is 0.310 e. The van der Waals surface area contributed by atoms with Crippen molar-refractivity contribution in [2.45, 2.75) is 18.3 Å². The maximum absolute atomic E-state index is 11.4. The van der Waals surface area contributed by atoms with Gasteiger partial charge < -0.3 is 9.84 Å². The molecule has 0 bridgehead atoms. The van der Waals surface area contributed by atoms with E-state index in [2.05, 4.69) is 0 Å². The summed E-state index contributed by atoms with van der Waals surface area (Å²) in [5, 5.41) is 9.41. The fraction of sp³-hybridized carbons (Fsp3) is 0.462. The first kappa shape index (κ1) is 9.85. The maximum Gasteiger partial charge on any atom is 0.310 e. The number of carbonyl (C=O) groups is 1. The minimum atomic E-state index is -0.667. The molecule has 0 spiro atoms. The summed E-state index contributed by atoms with van der Waals surface area (Å²) in [6.45, 7) is 1.09. The summed E-state index contributed by atoms with van der Waals surface area (Å²) in [5.41, 5.74) is 0.272. The molecule has 84 valence electrons. The number of carboxylic acids is 1. The molecule has 3 heteroatoms. The molecule has 3 rings (SSSR count). The van der Waals surface area contributed by atoms with E-state index >= 15 is 0 Å². The third-order valence-electron chi connectivity index (χ3n) is 4.10. The Morgan fingerprint density at radius 2 is 1.81 bits per heavy atom. The molecule has 1 aromatic rings. The Morgan fingerprint density at radius 3 is 2.19 bits per heavy atom. The number of benzene rings is 1. The molecule has 1 aromatic carbocycles. The van der Waals surface area contributed by atoms with Crippen molar-refractivity contribution in [2.24, 2.45) is 5.41 Å². The Morgan fingerprint density at radius 1 is 1.19 bits per heavy atom. The molecule has 0 unspecified atom stereocenters. The predicted molar refractivity (Wildman–Crippen MR) is 58.2 cm³/mol. The molecule has 0 radical (unpaired) electrons. The van der Waals surface area contributed by atoms with Crippen LogP contribution >= 0.6 is 0 Å². The highest BCUT2D eigenvalue weighted by molar-refractivity contribution is 5.81. The third kappa shape index (κ3) is 1.04. The summed E-state index contributed by atoms with van der Waals surface area (Å²) in [4.78, 5) is 11.4. The number of hydrogen-bond acceptors (Lipinski definition) is 2. The first-order valence-corrected chi connectivity index (χ1v) is 5.58. The Bertz CT molecular complexity index is 416. The van der Waals surface area contributed by atoms with Crippen LogP contribution in [0.2, 0.25) is 0 Å². The number of hydrogen-bond donors (Lipinski definition) is 1. The highest BCUT2D eigenvalue weighted by Gasteiger charge is 2.68. The molecule has 0 amide bonds. The van der Waals surface area contributed by atoms with Crippen LogP contribution in [0.15, 0.2) is 30.3 Å². The van der Waals surface area contributed by atoms with Gasteiger partial charge in [-0.2, -0.15) is 0 Å². The quantitative estimate of drug-likeness (QED) is 0.841. The second-order valence-corrected chi connectivity index (χ2v) is 4.83. The largest absolute Gasteiger partial charge is 0.481 e. The highest BCUT2D eigenvalue weighted by Crippen LogP contribution is 2.62. The molecule has 2 aliphatic rings. The molecule has 0 atom stereocenters. The highest BCUT2D eigenvalue weighted by atomic mass is 16.5. The topological polar surface area (TPSA) is 46.5 Å². The van der Waals surface area contributed by atoms with E-state index in [1.807, 2.05) is 30.3 Å². The van der Waals surface area contributed by atoms with E-state index in [1.54, 1.807) is 0 Å². The van der Waals surface area contributed by atoms with Crippen molar-refractivity contribution in [3.05, 3.63) is 35.9 Å². The van der Waals surface area contributed by atoms with Gasteiger partial charge in [-0.1, -0.05) is 30.3 Å². The van der Waals surface area contributed by atoms with Crippen molar-refractivity contribution >= 4 is 5.97 Å². The summed E-state index contributed by atoms with van der Waals surface area (Å²) in [5.74, 6) is -0.667. The van der Waals surface area contributed by atoms with Crippen LogP contribution < -0.4 is 0 Å². The lowest BCUT2D eigenvalue weighted by Crippen LogP contribution is -2.56. The van der Waals surface area contributed by atoms with Crippen molar-refractivity contribution in [1.29, 1.82) is 0 Å². The number of rotatable bonds is 3. The fourth-order valence-corrected chi connectivity index (χ4v) is 2.80. The van der Waals surface area contributed by atoms with Crippen molar-refractivity contribution in [2.75, 3.05) is 13.2 Å². The van der Waals surface area contributed by atoms with Gasteiger partial charge in [-0.05, 0) is 18.4 Å². The molecule has 1 saturated carbocycles. The van der Waals surface area contributed by atoms with Crippen LogP contribution in [0.3, 0.4) is 0 Å². The zero-order chi connectivity index (χ0) is 11.2. The van der Waals surface area contributed by atoms with Crippen LogP contribution in [0.1, 0.15) is 18.4 Å². The van der Waals surface area contributed by atoms with Crippen molar-refractivity contribution in [3.8, 4) is 0 Å². The molecule has 16 heavy (non-hydrogen) atoms. The Balaban J connectivity index is 2.05. The van der Waals surface area contributed by atoms with Gasteiger partial charge in [-0.3, -0.25) is 4.79 Å². The summed E-state index contributed by atoms with van der Waals surface area (Å²) in [7, 11) is 0. The molecule has 2 fully saturated rings. The summed E-state index contributed by atoms with van der Waals surface area (Å²) < 4.78 is 5.31. The molecule has 1 heterocycles. The number of ether oxygens (including phenoxy) is 1. The molecular formula is C13H14O3. The van der Waals surface area contributed by atoms with Crippen LogP contribution in [0.5, 0.6) is 0 Å². The van der Waals surface area contributed by atoms with Crippen molar-refractivity contribution in [3.63, 3.8) is 0 Å². The van der Waals surface area contributed by atoms with Crippen molar-refractivity contribution in [1.82, 2.24) is 0 Å². The van der Waals surface area contributed by atoms with Crippen LogP contribution in [-0.2, 0) is 14.9 Å². The first-order chi connectivity index (χ1) is 7.71. The van der Waals surface area contributed by atoms with Crippen LogP contribution in [-0.4, -0.2) is 24.3 Å². The molecule has 3 nitrogen and oxygen atoms in total. The first-order valence-electron chi connectivity index (χ1n) is 5.58. The third-order valence-corrected chi connectivity index (χ3v) is 4.10. The van der Waals surface area contributed by atoms with E-state index < -0.39 is 11.4 Å². The average molecular weight is 218 g/mol. The Labute approximate surface area is 94.0 Å². The molecule has 1 saturated heterocycles. The lowest BCUT2D eigenvalue weighted by Gasteiger charge is -2.46. The van der Waals surface area contributed by atoms with E-state index in [-0.39, 0.29) is 5.41 Å². The summed E-state index contributed by atoms with van der Waals surface area (Å²) >= 11 is 0. The van der Waals surface area contributed by atoms with Gasteiger partial charge in [-0.25, -0.2) is 0 Å². The monoisotopic (exact) mass is 218 g/mol. The molecule has 0 aromatic heterocycles. The summed E-state index contributed by atoms with van der Waals surface area (Å²) in [6, 6.07) is 9.93. The average Bonchev–Trinajstić information content (AvgIpc) is 2.99. The van der Waals surface area contributed by atoms with Crippen LogP contribution in [0, 0.1) is 5.41 Å². The lowest BCUT2D eigenvalue weighted by molar-refractivity contribution is -0.161. The Kier molecular flexibility index (Phi) is 1.89. The van der Waals surface area contributed by atoms with Gasteiger partial charge in [0.2, 0.25) is 0 Å². The second kappa shape index (κ2) is 3.08. The van der Waals surface area contributed by atoms with E-state index in [0.29, 0.717) is 13.2 Å².